The standard InChI is InChI=1S/C8H15N3/c1-3-4-5-11-6-7(2)8(9)10-11/h6H,3-5H2,1-2H3,(H2,9,10). The number of nitrogen functional groups attached to an aromatic ring is 1. The van der Waals surface area contributed by atoms with Crippen LogP contribution in [0.15, 0.2) is 6.20 Å². The summed E-state index contributed by atoms with van der Waals surface area (Å²) in [6, 6.07) is 0. The van der Waals surface area contributed by atoms with Crippen molar-refractivity contribution >= 4 is 5.82 Å². The second-order valence-corrected chi connectivity index (χ2v) is 2.81. The Hall–Kier alpha value is -0.990. The minimum absolute atomic E-state index is 0.654. The predicted octanol–water partition coefficient (Wildman–Crippen LogP) is 1.57. The van der Waals surface area contributed by atoms with Crippen LogP contribution in [0.5, 0.6) is 0 Å². The molecule has 0 radical (unpaired) electrons. The van der Waals surface area contributed by atoms with Crippen LogP contribution in [0.2, 0.25) is 0 Å². The first-order chi connectivity index (χ1) is 5.24. The molecule has 1 rings (SSSR count). The van der Waals surface area contributed by atoms with Crippen LogP contribution >= 0.6 is 0 Å². The molecule has 3 nitrogen and oxygen atoms in total. The summed E-state index contributed by atoms with van der Waals surface area (Å²) < 4.78 is 1.91. The lowest BCUT2D eigenvalue weighted by Crippen LogP contribution is -1.98. The van der Waals surface area contributed by atoms with Crippen molar-refractivity contribution in [2.24, 2.45) is 0 Å². The molecule has 0 aliphatic carbocycles. The van der Waals surface area contributed by atoms with E-state index in [1.54, 1.807) is 0 Å². The van der Waals surface area contributed by atoms with Gasteiger partial charge in [0.25, 0.3) is 0 Å². The minimum Gasteiger partial charge on any atom is -0.382 e. The zero-order valence-electron chi connectivity index (χ0n) is 7.17. The van der Waals surface area contributed by atoms with E-state index < -0.39 is 0 Å². The monoisotopic (exact) mass is 153 g/mol. The van der Waals surface area contributed by atoms with Crippen LogP contribution in [0.3, 0.4) is 0 Å². The highest BCUT2D eigenvalue weighted by molar-refractivity contribution is 5.35. The highest BCUT2D eigenvalue weighted by Gasteiger charge is 1.98. The van der Waals surface area contributed by atoms with Crippen molar-refractivity contribution in [3.63, 3.8) is 0 Å². The number of hydrogen-bond donors (Lipinski definition) is 1. The summed E-state index contributed by atoms with van der Waals surface area (Å²) in [5.41, 5.74) is 6.65. The lowest BCUT2D eigenvalue weighted by Gasteiger charge is -1.96. The molecule has 0 aliphatic rings. The average Bonchev–Trinajstić information content (AvgIpc) is 2.28. The number of nitrogens with zero attached hydrogens (tertiary/aromatic N) is 2. The van der Waals surface area contributed by atoms with Crippen LogP contribution in [-0.2, 0) is 6.54 Å². The van der Waals surface area contributed by atoms with Gasteiger partial charge in [0.1, 0.15) is 5.82 Å². The SMILES string of the molecule is CCCCn1cc(C)c(N)n1. The smallest absolute Gasteiger partial charge is 0.148 e. The van der Waals surface area contributed by atoms with Crippen molar-refractivity contribution in [3.05, 3.63) is 11.8 Å². The van der Waals surface area contributed by atoms with Gasteiger partial charge in [-0.1, -0.05) is 13.3 Å². The van der Waals surface area contributed by atoms with E-state index in [4.69, 9.17) is 5.73 Å². The first-order valence-corrected chi connectivity index (χ1v) is 4.03. The van der Waals surface area contributed by atoms with Crippen molar-refractivity contribution in [3.8, 4) is 0 Å². The fourth-order valence-electron chi connectivity index (χ4n) is 0.970. The van der Waals surface area contributed by atoms with Crippen LogP contribution < -0.4 is 5.73 Å². The van der Waals surface area contributed by atoms with Crippen LogP contribution in [0, 0.1) is 6.92 Å². The van der Waals surface area contributed by atoms with Gasteiger partial charge >= 0.3 is 0 Å². The maximum Gasteiger partial charge on any atom is 0.148 e. The molecule has 0 aliphatic heterocycles. The number of aryl methyl sites for hydroxylation is 2. The summed E-state index contributed by atoms with van der Waals surface area (Å²) in [7, 11) is 0. The molecule has 0 fully saturated rings. The molecule has 0 unspecified atom stereocenters. The maximum atomic E-state index is 5.58. The Bertz CT molecular complexity index is 208. The molecule has 0 saturated heterocycles. The molecule has 3 heteroatoms. The lowest BCUT2D eigenvalue weighted by atomic mass is 10.3. The molecule has 62 valence electrons. The first kappa shape index (κ1) is 8.11. The lowest BCUT2D eigenvalue weighted by molar-refractivity contribution is 0.573. The quantitative estimate of drug-likeness (QED) is 0.716. The molecule has 0 bridgehead atoms. The van der Waals surface area contributed by atoms with Gasteiger partial charge in [0.05, 0.1) is 0 Å². The summed E-state index contributed by atoms with van der Waals surface area (Å²) in [6.45, 7) is 5.12. The van der Waals surface area contributed by atoms with Gasteiger partial charge in [-0.25, -0.2) is 0 Å². The Kier molecular flexibility index (Phi) is 2.52. The van der Waals surface area contributed by atoms with Crippen molar-refractivity contribution in [2.45, 2.75) is 33.2 Å². The highest BCUT2D eigenvalue weighted by Crippen LogP contribution is 2.06. The molecule has 0 atom stereocenters. The second-order valence-electron chi connectivity index (χ2n) is 2.81. The summed E-state index contributed by atoms with van der Waals surface area (Å²) >= 11 is 0. The van der Waals surface area contributed by atoms with Gasteiger partial charge in [0, 0.05) is 18.3 Å². The summed E-state index contributed by atoms with van der Waals surface area (Å²) in [5, 5.41) is 4.14. The third-order valence-corrected chi connectivity index (χ3v) is 1.72. The largest absolute Gasteiger partial charge is 0.382 e. The van der Waals surface area contributed by atoms with Gasteiger partial charge in [-0.3, -0.25) is 4.68 Å². The number of nitrogens with two attached hydrogens (primary N) is 1. The van der Waals surface area contributed by atoms with Gasteiger partial charge in [-0.2, -0.15) is 5.10 Å². The molecule has 1 heterocycles. The molecule has 0 spiro atoms. The topological polar surface area (TPSA) is 43.8 Å². The number of rotatable bonds is 3. The Morgan fingerprint density at radius 2 is 2.36 bits per heavy atom. The number of unbranched alkanes of at least 4 members (excludes halogenated alkanes) is 1. The van der Waals surface area contributed by atoms with Crippen LogP contribution in [-0.4, -0.2) is 9.78 Å². The molecule has 1 aromatic heterocycles. The highest BCUT2D eigenvalue weighted by atomic mass is 15.3. The van der Waals surface area contributed by atoms with E-state index in [0.717, 1.165) is 12.1 Å². The van der Waals surface area contributed by atoms with E-state index in [9.17, 15) is 0 Å². The molecule has 1 aromatic rings. The molecular weight excluding hydrogens is 138 g/mol. The van der Waals surface area contributed by atoms with Crippen molar-refractivity contribution in [1.82, 2.24) is 9.78 Å². The fraction of sp³-hybridized carbons (Fsp3) is 0.625. The Balaban J connectivity index is 2.58. The maximum absolute atomic E-state index is 5.58. The molecule has 0 aromatic carbocycles. The zero-order chi connectivity index (χ0) is 8.27. The van der Waals surface area contributed by atoms with Gasteiger partial charge in [-0.15, -0.1) is 0 Å². The summed E-state index contributed by atoms with van der Waals surface area (Å²) in [6.07, 6.45) is 4.35. The van der Waals surface area contributed by atoms with Gasteiger partial charge < -0.3 is 5.73 Å². The van der Waals surface area contributed by atoms with Crippen LogP contribution in [0.1, 0.15) is 25.3 Å². The van der Waals surface area contributed by atoms with E-state index in [2.05, 4.69) is 12.0 Å². The summed E-state index contributed by atoms with van der Waals surface area (Å²) in [5.74, 6) is 0.654. The fourth-order valence-corrected chi connectivity index (χ4v) is 0.970. The van der Waals surface area contributed by atoms with Gasteiger partial charge in [0.2, 0.25) is 0 Å². The van der Waals surface area contributed by atoms with Crippen LogP contribution in [0.25, 0.3) is 0 Å². The first-order valence-electron chi connectivity index (χ1n) is 4.03. The van der Waals surface area contributed by atoms with E-state index in [1.165, 1.54) is 12.8 Å². The predicted molar refractivity (Wildman–Crippen MR) is 46.3 cm³/mol. The third-order valence-electron chi connectivity index (χ3n) is 1.72. The van der Waals surface area contributed by atoms with E-state index in [0.29, 0.717) is 5.82 Å². The molecule has 2 N–H and O–H groups in total. The van der Waals surface area contributed by atoms with Crippen LogP contribution in [0.4, 0.5) is 5.82 Å². The molecule has 0 amide bonds. The van der Waals surface area contributed by atoms with Crippen molar-refractivity contribution in [1.29, 1.82) is 0 Å². The average molecular weight is 153 g/mol. The molecular formula is C8H15N3. The molecule has 0 saturated carbocycles. The Morgan fingerprint density at radius 1 is 1.64 bits per heavy atom. The zero-order valence-corrected chi connectivity index (χ0v) is 7.17. The third kappa shape index (κ3) is 1.97. The van der Waals surface area contributed by atoms with E-state index in [1.807, 2.05) is 17.8 Å². The molecule has 11 heavy (non-hydrogen) atoms. The minimum atomic E-state index is 0.654. The second kappa shape index (κ2) is 3.42. The Morgan fingerprint density at radius 3 is 2.82 bits per heavy atom. The number of aromatic nitrogens is 2. The summed E-state index contributed by atoms with van der Waals surface area (Å²) in [4.78, 5) is 0. The van der Waals surface area contributed by atoms with Gasteiger partial charge in [0.15, 0.2) is 0 Å². The normalized spacial score (nSPS) is 10.4. The van der Waals surface area contributed by atoms with E-state index >= 15 is 0 Å². The number of anilines is 1. The van der Waals surface area contributed by atoms with Crippen molar-refractivity contribution < 1.29 is 0 Å². The number of hydrogen-bond acceptors (Lipinski definition) is 2. The van der Waals surface area contributed by atoms with Gasteiger partial charge in [-0.05, 0) is 13.3 Å². The Labute approximate surface area is 67.2 Å². The van der Waals surface area contributed by atoms with Crippen molar-refractivity contribution in [2.75, 3.05) is 5.73 Å². The van der Waals surface area contributed by atoms with E-state index in [-0.39, 0.29) is 0 Å².